The highest BCUT2D eigenvalue weighted by Crippen LogP contribution is 2.08. The molecule has 0 aliphatic rings. The molecule has 1 unspecified atom stereocenters. The van der Waals surface area contributed by atoms with Crippen LogP contribution in [-0.2, 0) is 7.05 Å². The van der Waals surface area contributed by atoms with Crippen molar-refractivity contribution >= 4 is 0 Å². The Kier molecular flexibility index (Phi) is 2.24. The fourth-order valence-electron chi connectivity index (χ4n) is 0.924. The fourth-order valence-corrected chi connectivity index (χ4v) is 0.924. The van der Waals surface area contributed by atoms with E-state index in [1.807, 2.05) is 11.6 Å². The van der Waals surface area contributed by atoms with Gasteiger partial charge in [-0.1, -0.05) is 0 Å². The van der Waals surface area contributed by atoms with Crippen LogP contribution in [0.2, 0.25) is 0 Å². The first-order chi connectivity index (χ1) is 5.29. The van der Waals surface area contributed by atoms with E-state index < -0.39 is 0 Å². The SMILES string of the molecule is CNC(C#N)c1cncn1C. The molecule has 4 nitrogen and oxygen atoms in total. The van der Waals surface area contributed by atoms with Gasteiger partial charge < -0.3 is 9.88 Å². The van der Waals surface area contributed by atoms with Crippen LogP contribution in [0.3, 0.4) is 0 Å². The standard InChI is InChI=1S/C7H10N4/c1-9-6(3-8)7-4-10-5-11(7)2/h4-6,9H,1-2H3. The van der Waals surface area contributed by atoms with Gasteiger partial charge >= 0.3 is 0 Å². The molecule has 1 aromatic heterocycles. The lowest BCUT2D eigenvalue weighted by Gasteiger charge is -2.06. The van der Waals surface area contributed by atoms with Gasteiger partial charge in [0.1, 0.15) is 6.04 Å². The molecule has 0 spiro atoms. The lowest BCUT2D eigenvalue weighted by molar-refractivity contribution is 0.666. The van der Waals surface area contributed by atoms with Crippen LogP contribution in [-0.4, -0.2) is 16.6 Å². The topological polar surface area (TPSA) is 53.6 Å². The largest absolute Gasteiger partial charge is 0.335 e. The highest BCUT2D eigenvalue weighted by atomic mass is 15.1. The molecular formula is C7H10N4. The van der Waals surface area contributed by atoms with Crippen LogP contribution in [0, 0.1) is 11.3 Å². The number of nitriles is 1. The molecule has 0 amide bonds. The average molecular weight is 150 g/mol. The van der Waals surface area contributed by atoms with Gasteiger partial charge in [0.25, 0.3) is 0 Å². The van der Waals surface area contributed by atoms with Crippen molar-refractivity contribution in [1.29, 1.82) is 5.26 Å². The minimum absolute atomic E-state index is 0.262. The highest BCUT2D eigenvalue weighted by molar-refractivity contribution is 5.12. The Labute approximate surface area is 65.5 Å². The summed E-state index contributed by atoms with van der Waals surface area (Å²) in [6, 6.07) is 1.86. The van der Waals surface area contributed by atoms with Gasteiger partial charge in [-0.25, -0.2) is 4.98 Å². The molecule has 58 valence electrons. The first-order valence-corrected chi connectivity index (χ1v) is 3.32. The number of hydrogen-bond donors (Lipinski definition) is 1. The maximum atomic E-state index is 8.67. The van der Waals surface area contributed by atoms with E-state index >= 15 is 0 Å². The quantitative estimate of drug-likeness (QED) is 0.655. The van der Waals surface area contributed by atoms with Gasteiger partial charge in [-0.15, -0.1) is 0 Å². The molecule has 1 aromatic rings. The summed E-state index contributed by atoms with van der Waals surface area (Å²) in [7, 11) is 3.62. The first-order valence-electron chi connectivity index (χ1n) is 3.32. The molecule has 4 heteroatoms. The smallest absolute Gasteiger partial charge is 0.137 e. The van der Waals surface area contributed by atoms with Crippen LogP contribution >= 0.6 is 0 Å². The van der Waals surface area contributed by atoms with Crippen LogP contribution in [0.1, 0.15) is 11.7 Å². The monoisotopic (exact) mass is 150 g/mol. The number of nitrogens with zero attached hydrogens (tertiary/aromatic N) is 3. The number of imidazole rings is 1. The van der Waals surface area contributed by atoms with E-state index in [9.17, 15) is 0 Å². The summed E-state index contributed by atoms with van der Waals surface area (Å²) in [6.07, 6.45) is 3.36. The zero-order valence-electron chi connectivity index (χ0n) is 6.57. The van der Waals surface area contributed by atoms with Crippen molar-refractivity contribution in [3.63, 3.8) is 0 Å². The van der Waals surface area contributed by atoms with Crippen molar-refractivity contribution in [3.05, 3.63) is 18.2 Å². The third kappa shape index (κ3) is 1.38. The van der Waals surface area contributed by atoms with E-state index in [0.29, 0.717) is 0 Å². The molecule has 0 saturated carbocycles. The van der Waals surface area contributed by atoms with Gasteiger partial charge in [-0.2, -0.15) is 5.26 Å². The van der Waals surface area contributed by atoms with Crippen LogP contribution in [0.15, 0.2) is 12.5 Å². The molecule has 1 N–H and O–H groups in total. The number of hydrogen-bond acceptors (Lipinski definition) is 3. The van der Waals surface area contributed by atoms with Crippen LogP contribution < -0.4 is 5.32 Å². The predicted molar refractivity (Wildman–Crippen MR) is 40.6 cm³/mol. The van der Waals surface area contributed by atoms with Crippen molar-refractivity contribution in [2.45, 2.75) is 6.04 Å². The van der Waals surface area contributed by atoms with Crippen LogP contribution in [0.4, 0.5) is 0 Å². The molecule has 0 aliphatic heterocycles. The Morgan fingerprint density at radius 1 is 1.82 bits per heavy atom. The minimum Gasteiger partial charge on any atom is -0.335 e. The summed E-state index contributed by atoms with van der Waals surface area (Å²) in [6.45, 7) is 0. The predicted octanol–water partition coefficient (Wildman–Crippen LogP) is 0.204. The molecule has 0 fully saturated rings. The second-order valence-corrected chi connectivity index (χ2v) is 2.28. The maximum Gasteiger partial charge on any atom is 0.137 e. The summed E-state index contributed by atoms with van der Waals surface area (Å²) >= 11 is 0. The summed E-state index contributed by atoms with van der Waals surface area (Å²) in [5.74, 6) is 0. The summed E-state index contributed by atoms with van der Waals surface area (Å²) in [5, 5.41) is 11.5. The zero-order valence-corrected chi connectivity index (χ0v) is 6.57. The third-order valence-electron chi connectivity index (χ3n) is 1.57. The van der Waals surface area contributed by atoms with E-state index in [1.54, 1.807) is 19.6 Å². The summed E-state index contributed by atoms with van der Waals surface area (Å²) < 4.78 is 1.82. The molecule has 0 aromatic carbocycles. The van der Waals surface area contributed by atoms with Gasteiger partial charge in [-0.05, 0) is 7.05 Å². The van der Waals surface area contributed by atoms with E-state index in [2.05, 4.69) is 16.4 Å². The summed E-state index contributed by atoms with van der Waals surface area (Å²) in [4.78, 5) is 3.91. The normalized spacial score (nSPS) is 12.5. The van der Waals surface area contributed by atoms with Crippen molar-refractivity contribution in [1.82, 2.24) is 14.9 Å². The lowest BCUT2D eigenvalue weighted by atomic mass is 10.2. The highest BCUT2D eigenvalue weighted by Gasteiger charge is 2.09. The van der Waals surface area contributed by atoms with Gasteiger partial charge in [0, 0.05) is 7.05 Å². The molecule has 0 bridgehead atoms. The van der Waals surface area contributed by atoms with Crippen molar-refractivity contribution in [3.8, 4) is 6.07 Å². The Morgan fingerprint density at radius 3 is 2.91 bits per heavy atom. The van der Waals surface area contributed by atoms with Crippen molar-refractivity contribution in [2.24, 2.45) is 7.05 Å². The van der Waals surface area contributed by atoms with Crippen LogP contribution in [0.25, 0.3) is 0 Å². The number of aromatic nitrogens is 2. The van der Waals surface area contributed by atoms with E-state index in [4.69, 9.17) is 5.26 Å². The Balaban J connectivity index is 2.92. The number of nitrogens with one attached hydrogen (secondary N) is 1. The molecule has 11 heavy (non-hydrogen) atoms. The third-order valence-corrected chi connectivity index (χ3v) is 1.57. The molecule has 0 radical (unpaired) electrons. The fraction of sp³-hybridized carbons (Fsp3) is 0.429. The Bertz CT molecular complexity index is 270. The van der Waals surface area contributed by atoms with Crippen LogP contribution in [0.5, 0.6) is 0 Å². The molecule has 0 aliphatic carbocycles. The summed E-state index contributed by atoms with van der Waals surface area (Å²) in [5.41, 5.74) is 0.884. The molecule has 1 atom stereocenters. The first kappa shape index (κ1) is 7.76. The van der Waals surface area contributed by atoms with Crippen molar-refractivity contribution < 1.29 is 0 Å². The second-order valence-electron chi connectivity index (χ2n) is 2.28. The number of aryl methyl sites for hydroxylation is 1. The molecule has 0 saturated heterocycles. The number of rotatable bonds is 2. The van der Waals surface area contributed by atoms with Crippen molar-refractivity contribution in [2.75, 3.05) is 7.05 Å². The van der Waals surface area contributed by atoms with Gasteiger partial charge in [0.2, 0.25) is 0 Å². The minimum atomic E-state index is -0.262. The molecule has 1 rings (SSSR count). The zero-order chi connectivity index (χ0) is 8.27. The lowest BCUT2D eigenvalue weighted by Crippen LogP contribution is -2.16. The molecule has 1 heterocycles. The van der Waals surface area contributed by atoms with E-state index in [-0.39, 0.29) is 6.04 Å². The van der Waals surface area contributed by atoms with E-state index in [1.165, 1.54) is 0 Å². The second kappa shape index (κ2) is 3.17. The van der Waals surface area contributed by atoms with Gasteiger partial charge in [0.05, 0.1) is 24.3 Å². The van der Waals surface area contributed by atoms with Gasteiger partial charge in [0.15, 0.2) is 0 Å². The Hall–Kier alpha value is -1.34. The maximum absolute atomic E-state index is 8.67. The molecular weight excluding hydrogens is 140 g/mol. The van der Waals surface area contributed by atoms with E-state index in [0.717, 1.165) is 5.69 Å². The average Bonchev–Trinajstić information content (AvgIpc) is 2.40. The Morgan fingerprint density at radius 2 is 2.55 bits per heavy atom. The van der Waals surface area contributed by atoms with Gasteiger partial charge in [-0.3, -0.25) is 0 Å².